The third-order valence-corrected chi connectivity index (χ3v) is 5.50. The van der Waals surface area contributed by atoms with Crippen molar-refractivity contribution in [3.8, 4) is 28.5 Å². The molecule has 1 N–H and O–H groups in total. The molecule has 0 radical (unpaired) electrons. The Kier molecular flexibility index (Phi) is 5.31. The molecule has 2 aromatic heterocycles. The highest BCUT2D eigenvalue weighted by Crippen LogP contribution is 2.35. The van der Waals surface area contributed by atoms with Crippen LogP contribution in [0.5, 0.6) is 17.2 Å². The molecule has 0 atom stereocenters. The van der Waals surface area contributed by atoms with Gasteiger partial charge in [-0.25, -0.2) is 4.98 Å². The minimum absolute atomic E-state index is 0.00776. The number of benzene rings is 2. The van der Waals surface area contributed by atoms with Gasteiger partial charge in [-0.15, -0.1) is 0 Å². The first-order valence-corrected chi connectivity index (χ1v) is 9.70. The average Bonchev–Trinajstić information content (AvgIpc) is 3.24. The van der Waals surface area contributed by atoms with E-state index in [4.69, 9.17) is 16.3 Å². The van der Waals surface area contributed by atoms with Gasteiger partial charge in [0, 0.05) is 11.8 Å². The van der Waals surface area contributed by atoms with Gasteiger partial charge in [0.1, 0.15) is 5.75 Å². The van der Waals surface area contributed by atoms with Crippen LogP contribution in [0.15, 0.2) is 47.4 Å². The summed E-state index contributed by atoms with van der Waals surface area (Å²) in [7, 11) is 1.40. The molecule has 0 spiro atoms. The van der Waals surface area contributed by atoms with Crippen LogP contribution in [-0.2, 0) is 0 Å². The number of aromatic hydroxyl groups is 1. The second kappa shape index (κ2) is 7.92. The zero-order valence-electron chi connectivity index (χ0n) is 15.3. The van der Waals surface area contributed by atoms with Crippen LogP contribution in [0.2, 0.25) is 5.02 Å². The Balaban J connectivity index is 1.74. The highest BCUT2D eigenvalue weighted by atomic mass is 35.5. The van der Waals surface area contributed by atoms with E-state index in [1.807, 2.05) is 0 Å². The largest absolute Gasteiger partial charge is 0.503 e. The molecular formula is C20H13ClF2N2O4S. The van der Waals surface area contributed by atoms with Crippen molar-refractivity contribution in [2.24, 2.45) is 0 Å². The molecule has 2 aromatic carbocycles. The zero-order valence-corrected chi connectivity index (χ0v) is 16.9. The Morgan fingerprint density at radius 2 is 2.10 bits per heavy atom. The molecule has 0 bridgehead atoms. The molecule has 4 rings (SSSR count). The standard InChI is InChI=1S/C20H13ClF2N2O4S/c1-28-15-6-10(5-13(21)17(15)26)7-16-18(27)25-9-14(24-20(25)30-16)11-3-2-4-12(8-11)29-19(22)23/h2-9,19,26H,1H3/b16-7-. The molecule has 0 saturated heterocycles. The minimum atomic E-state index is -2.93. The van der Waals surface area contributed by atoms with E-state index in [0.717, 1.165) is 11.3 Å². The summed E-state index contributed by atoms with van der Waals surface area (Å²) in [5, 5.41) is 9.94. The highest BCUT2D eigenvalue weighted by Gasteiger charge is 2.13. The Morgan fingerprint density at radius 3 is 2.80 bits per heavy atom. The van der Waals surface area contributed by atoms with E-state index < -0.39 is 6.61 Å². The van der Waals surface area contributed by atoms with Crippen molar-refractivity contribution in [2.45, 2.75) is 6.61 Å². The molecule has 4 aromatic rings. The van der Waals surface area contributed by atoms with E-state index in [1.165, 1.54) is 35.9 Å². The summed E-state index contributed by atoms with van der Waals surface area (Å²) in [5.41, 5.74) is 1.29. The molecule has 10 heteroatoms. The first-order valence-electron chi connectivity index (χ1n) is 8.51. The fraction of sp³-hybridized carbons (Fsp3) is 0.100. The number of aromatic nitrogens is 2. The topological polar surface area (TPSA) is 73.1 Å². The smallest absolute Gasteiger partial charge is 0.387 e. The van der Waals surface area contributed by atoms with E-state index in [0.29, 0.717) is 26.3 Å². The van der Waals surface area contributed by atoms with E-state index in [2.05, 4.69) is 9.72 Å². The molecule has 30 heavy (non-hydrogen) atoms. The number of nitrogens with zero attached hydrogens (tertiary/aromatic N) is 2. The minimum Gasteiger partial charge on any atom is -0.503 e. The lowest BCUT2D eigenvalue weighted by Gasteiger charge is -2.05. The van der Waals surface area contributed by atoms with Crippen LogP contribution in [0.25, 0.3) is 22.3 Å². The summed E-state index contributed by atoms with van der Waals surface area (Å²) < 4.78 is 36.1. The molecule has 0 unspecified atom stereocenters. The van der Waals surface area contributed by atoms with Gasteiger partial charge >= 0.3 is 6.61 Å². The van der Waals surface area contributed by atoms with Crippen molar-refractivity contribution >= 4 is 34.0 Å². The van der Waals surface area contributed by atoms with Gasteiger partial charge in [0.15, 0.2) is 16.5 Å². The number of halogens is 3. The van der Waals surface area contributed by atoms with E-state index in [-0.39, 0.29) is 27.8 Å². The van der Waals surface area contributed by atoms with E-state index >= 15 is 0 Å². The third kappa shape index (κ3) is 3.81. The number of alkyl halides is 2. The van der Waals surface area contributed by atoms with Crippen molar-refractivity contribution < 1.29 is 23.4 Å². The number of hydrogen-bond donors (Lipinski definition) is 1. The van der Waals surface area contributed by atoms with Gasteiger partial charge in [-0.3, -0.25) is 9.20 Å². The third-order valence-electron chi connectivity index (χ3n) is 4.23. The van der Waals surface area contributed by atoms with Gasteiger partial charge in [0.25, 0.3) is 5.56 Å². The maximum atomic E-state index is 12.8. The van der Waals surface area contributed by atoms with Crippen LogP contribution in [0.4, 0.5) is 8.78 Å². The van der Waals surface area contributed by atoms with Gasteiger partial charge in [-0.1, -0.05) is 35.1 Å². The van der Waals surface area contributed by atoms with Crippen molar-refractivity contribution in [2.75, 3.05) is 7.11 Å². The molecule has 154 valence electrons. The van der Waals surface area contributed by atoms with Crippen LogP contribution < -0.4 is 19.6 Å². The van der Waals surface area contributed by atoms with Gasteiger partial charge in [0.2, 0.25) is 0 Å². The monoisotopic (exact) mass is 450 g/mol. The number of rotatable bonds is 5. The van der Waals surface area contributed by atoms with E-state index in [9.17, 15) is 18.7 Å². The van der Waals surface area contributed by atoms with Crippen LogP contribution in [-0.4, -0.2) is 28.2 Å². The maximum Gasteiger partial charge on any atom is 0.387 e. The Bertz CT molecular complexity index is 1350. The molecule has 0 aliphatic rings. The molecule has 6 nitrogen and oxygen atoms in total. The predicted octanol–water partition coefficient (Wildman–Crippen LogP) is 3.94. The molecule has 0 aliphatic heterocycles. The van der Waals surface area contributed by atoms with Gasteiger partial charge in [-0.05, 0) is 35.9 Å². The maximum absolute atomic E-state index is 12.8. The van der Waals surface area contributed by atoms with Crippen LogP contribution in [0.1, 0.15) is 5.56 Å². The van der Waals surface area contributed by atoms with Crippen LogP contribution in [0, 0.1) is 0 Å². The lowest BCUT2D eigenvalue weighted by molar-refractivity contribution is -0.0498. The Morgan fingerprint density at radius 1 is 1.30 bits per heavy atom. The summed E-state index contributed by atoms with van der Waals surface area (Å²) in [6.07, 6.45) is 3.16. The number of ether oxygens (including phenoxy) is 2. The first-order chi connectivity index (χ1) is 14.4. The number of thiazole rings is 1. The number of fused-ring (bicyclic) bond motifs is 1. The highest BCUT2D eigenvalue weighted by molar-refractivity contribution is 7.15. The summed E-state index contributed by atoms with van der Waals surface area (Å²) in [5.74, 6) is 0.0198. The normalized spacial score (nSPS) is 12.1. The van der Waals surface area contributed by atoms with Crippen molar-refractivity contribution in [3.05, 3.63) is 68.1 Å². The van der Waals surface area contributed by atoms with Crippen LogP contribution in [0.3, 0.4) is 0 Å². The van der Waals surface area contributed by atoms with Crippen molar-refractivity contribution in [1.82, 2.24) is 9.38 Å². The van der Waals surface area contributed by atoms with E-state index in [1.54, 1.807) is 24.3 Å². The molecule has 0 aliphatic carbocycles. The summed E-state index contributed by atoms with van der Waals surface area (Å²) in [6, 6.07) is 9.18. The fourth-order valence-corrected chi connectivity index (χ4v) is 4.06. The lowest BCUT2D eigenvalue weighted by atomic mass is 10.1. The Hall–Kier alpha value is -3.17. The second-order valence-electron chi connectivity index (χ2n) is 6.15. The number of phenols is 1. The Labute approximate surface area is 177 Å². The fourth-order valence-electron chi connectivity index (χ4n) is 2.89. The van der Waals surface area contributed by atoms with Gasteiger partial charge in [0.05, 0.1) is 22.4 Å². The molecule has 0 amide bonds. The summed E-state index contributed by atoms with van der Waals surface area (Å²) in [4.78, 5) is 17.6. The molecule has 0 saturated carbocycles. The molecular weight excluding hydrogens is 438 g/mol. The first kappa shape index (κ1) is 20.1. The quantitative estimate of drug-likeness (QED) is 0.498. The lowest BCUT2D eigenvalue weighted by Crippen LogP contribution is -2.22. The van der Waals surface area contributed by atoms with Crippen molar-refractivity contribution in [3.63, 3.8) is 0 Å². The number of methoxy groups -OCH3 is 1. The number of phenolic OH excluding ortho intramolecular Hbond substituents is 1. The zero-order chi connectivity index (χ0) is 21.4. The molecule has 0 fully saturated rings. The average molecular weight is 451 g/mol. The predicted molar refractivity (Wildman–Crippen MR) is 110 cm³/mol. The van der Waals surface area contributed by atoms with Gasteiger partial charge in [-0.2, -0.15) is 8.78 Å². The second-order valence-corrected chi connectivity index (χ2v) is 7.57. The van der Waals surface area contributed by atoms with Gasteiger partial charge < -0.3 is 14.6 Å². The SMILES string of the molecule is COc1cc(/C=c2\sc3nc(-c4cccc(OC(F)F)c4)cn3c2=O)cc(Cl)c1O. The number of imidazole rings is 1. The number of hydrogen-bond acceptors (Lipinski definition) is 6. The van der Waals surface area contributed by atoms with Crippen LogP contribution >= 0.6 is 22.9 Å². The molecule has 2 heterocycles. The van der Waals surface area contributed by atoms with Crippen molar-refractivity contribution in [1.29, 1.82) is 0 Å². The summed E-state index contributed by atoms with van der Waals surface area (Å²) in [6.45, 7) is -2.93. The summed E-state index contributed by atoms with van der Waals surface area (Å²) >= 11 is 7.15.